The summed E-state index contributed by atoms with van der Waals surface area (Å²) in [4.78, 5) is 36.8. The number of nitrogens with one attached hydrogen (secondary N) is 3. The minimum absolute atomic E-state index is 0.0514. The first kappa shape index (κ1) is 32.0. The van der Waals surface area contributed by atoms with Crippen LogP contribution < -0.4 is 16.0 Å². The Kier molecular flexibility index (Phi) is 9.15. The van der Waals surface area contributed by atoms with Gasteiger partial charge in [-0.2, -0.15) is 8.78 Å². The van der Waals surface area contributed by atoms with Crippen molar-refractivity contribution in [2.45, 2.75) is 16.7 Å². The molecule has 222 valence electrons. The quantitative estimate of drug-likeness (QED) is 0.133. The van der Waals surface area contributed by atoms with Gasteiger partial charge < -0.3 is 16.0 Å². The molecule has 0 aliphatic heterocycles. The van der Waals surface area contributed by atoms with Gasteiger partial charge in [-0.05, 0) is 35.9 Å². The third-order valence-electron chi connectivity index (χ3n) is 6.03. The minimum atomic E-state index is -3.54. The lowest BCUT2D eigenvalue weighted by Crippen LogP contribution is -2.22. The van der Waals surface area contributed by atoms with Crippen molar-refractivity contribution in [3.63, 3.8) is 0 Å². The first-order valence-corrected chi connectivity index (χ1v) is 13.1. The Bertz CT molecular complexity index is 1620. The fraction of sp³-hybridized carbons (Fsp3) is 0.160. The molecule has 1 unspecified atom stereocenters. The van der Waals surface area contributed by atoms with Crippen LogP contribution in [0.4, 0.5) is 43.4 Å². The Morgan fingerprint density at radius 2 is 1.43 bits per heavy atom. The highest BCUT2D eigenvalue weighted by Gasteiger charge is 2.67. The van der Waals surface area contributed by atoms with Gasteiger partial charge in [0.1, 0.15) is 15.8 Å². The average Bonchev–Trinajstić information content (AvgIpc) is 3.49. The molecule has 0 saturated heterocycles. The summed E-state index contributed by atoms with van der Waals surface area (Å²) < 4.78 is 81.2. The van der Waals surface area contributed by atoms with Crippen molar-refractivity contribution in [2.24, 2.45) is 5.92 Å². The van der Waals surface area contributed by atoms with Crippen molar-refractivity contribution in [3.05, 3.63) is 85.9 Å². The van der Waals surface area contributed by atoms with Gasteiger partial charge in [-0.15, -0.1) is 23.2 Å². The summed E-state index contributed by atoms with van der Waals surface area (Å²) in [5.74, 6) is -12.9. The van der Waals surface area contributed by atoms with E-state index >= 15 is 0 Å². The fourth-order valence-electron chi connectivity index (χ4n) is 4.00. The molecule has 0 heterocycles. The fourth-order valence-corrected chi connectivity index (χ4v) is 5.44. The molecular formula is C25H12Cl5F6N3O3. The molecule has 1 aliphatic carbocycles. The summed E-state index contributed by atoms with van der Waals surface area (Å²) in [6, 6.07) is 5.07. The maximum Gasteiger partial charge on any atom is 0.315 e. The predicted octanol–water partition coefficient (Wildman–Crippen LogP) is 8.19. The molecule has 0 bridgehead atoms. The van der Waals surface area contributed by atoms with E-state index in [9.17, 15) is 40.7 Å². The van der Waals surface area contributed by atoms with Gasteiger partial charge in [0.05, 0.1) is 32.2 Å². The van der Waals surface area contributed by atoms with Crippen LogP contribution in [0.3, 0.4) is 0 Å². The molecule has 17 heteroatoms. The van der Waals surface area contributed by atoms with E-state index < -0.39 is 86.2 Å². The van der Waals surface area contributed by atoms with Gasteiger partial charge in [0, 0.05) is 17.7 Å². The third-order valence-corrected chi connectivity index (χ3v) is 8.16. The van der Waals surface area contributed by atoms with Crippen LogP contribution in [0.1, 0.15) is 21.8 Å². The summed E-state index contributed by atoms with van der Waals surface area (Å²) in [6.07, 6.45) is -3.54. The van der Waals surface area contributed by atoms with Crippen molar-refractivity contribution in [2.75, 3.05) is 16.0 Å². The molecule has 2 atom stereocenters. The van der Waals surface area contributed by atoms with Gasteiger partial charge in [-0.1, -0.05) is 34.8 Å². The molecule has 3 amide bonds. The largest absolute Gasteiger partial charge is 0.326 e. The van der Waals surface area contributed by atoms with E-state index in [1.54, 1.807) is 5.32 Å². The van der Waals surface area contributed by atoms with Gasteiger partial charge in [0.15, 0.2) is 17.5 Å². The number of anilines is 3. The number of carbonyl (C=O) groups is 3. The maximum atomic E-state index is 14.7. The molecule has 3 N–H and O–H groups in total. The number of halogens is 11. The molecule has 42 heavy (non-hydrogen) atoms. The van der Waals surface area contributed by atoms with E-state index in [1.165, 1.54) is 17.4 Å². The second kappa shape index (κ2) is 12.0. The third kappa shape index (κ3) is 6.23. The van der Waals surface area contributed by atoms with E-state index in [4.69, 9.17) is 58.0 Å². The van der Waals surface area contributed by atoms with Crippen LogP contribution in [0, 0.1) is 29.2 Å². The highest BCUT2D eigenvalue weighted by atomic mass is 35.5. The van der Waals surface area contributed by atoms with Crippen molar-refractivity contribution in [3.8, 4) is 0 Å². The lowest BCUT2D eigenvalue weighted by Gasteiger charge is -2.13. The van der Waals surface area contributed by atoms with E-state index in [0.29, 0.717) is 29.8 Å². The van der Waals surface area contributed by atoms with Crippen molar-refractivity contribution in [1.82, 2.24) is 0 Å². The molecule has 1 fully saturated rings. The Morgan fingerprint density at radius 1 is 0.810 bits per heavy atom. The van der Waals surface area contributed by atoms with Crippen molar-refractivity contribution < 1.29 is 40.7 Å². The highest BCUT2D eigenvalue weighted by molar-refractivity contribution is 6.54. The minimum Gasteiger partial charge on any atom is -0.326 e. The molecule has 4 rings (SSSR count). The summed E-state index contributed by atoms with van der Waals surface area (Å²) >= 11 is 30.6. The zero-order valence-electron chi connectivity index (χ0n) is 20.1. The van der Waals surface area contributed by atoms with Crippen molar-refractivity contribution >= 4 is 92.8 Å². The summed E-state index contributed by atoms with van der Waals surface area (Å²) in [5.41, 5.74) is -3.43. The molecule has 0 radical (unpaired) electrons. The lowest BCUT2D eigenvalue weighted by molar-refractivity contribution is -0.126. The van der Waals surface area contributed by atoms with Crippen LogP contribution in [0.15, 0.2) is 36.4 Å². The topological polar surface area (TPSA) is 87.3 Å². The first-order chi connectivity index (χ1) is 19.5. The summed E-state index contributed by atoms with van der Waals surface area (Å²) in [6.45, 7) is 0. The Labute approximate surface area is 257 Å². The van der Waals surface area contributed by atoms with Crippen LogP contribution in [-0.4, -0.2) is 28.5 Å². The predicted molar refractivity (Wildman–Crippen MR) is 146 cm³/mol. The number of rotatable bonds is 7. The summed E-state index contributed by atoms with van der Waals surface area (Å²) in [5, 5.41) is 5.54. The summed E-state index contributed by atoms with van der Waals surface area (Å²) in [7, 11) is 0. The number of hydrogen-bond acceptors (Lipinski definition) is 3. The van der Waals surface area contributed by atoms with Gasteiger partial charge in [0.2, 0.25) is 5.91 Å². The molecule has 1 saturated carbocycles. The van der Waals surface area contributed by atoms with Gasteiger partial charge >= 0.3 is 6.43 Å². The van der Waals surface area contributed by atoms with Crippen LogP contribution in [-0.2, 0) is 9.59 Å². The number of alkyl halides is 4. The lowest BCUT2D eigenvalue weighted by atomic mass is 10.1. The molecule has 6 nitrogen and oxygen atoms in total. The zero-order chi connectivity index (χ0) is 31.3. The number of hydrogen-bond donors (Lipinski definition) is 3. The molecule has 0 spiro atoms. The normalized spacial score (nSPS) is 17.1. The smallest absolute Gasteiger partial charge is 0.315 e. The van der Waals surface area contributed by atoms with Crippen LogP contribution in [0.2, 0.25) is 15.1 Å². The Balaban J connectivity index is 1.57. The highest BCUT2D eigenvalue weighted by Crippen LogP contribution is 2.65. The number of benzene rings is 3. The molecule has 3 aromatic carbocycles. The first-order valence-electron chi connectivity index (χ1n) is 11.2. The SMILES string of the molecule is O=C(Nc1c(F)ccc(NC(=O)C(F)F)c1F)c1cc(NC(=O)C2[C@H](c3cc(Cl)c(Cl)c(Cl)c3)C2(Cl)Cl)cc(F)c1F. The molecule has 1 aliphatic rings. The van der Waals surface area contributed by atoms with Gasteiger partial charge in [-0.3, -0.25) is 14.4 Å². The van der Waals surface area contributed by atoms with Gasteiger partial charge in [0.25, 0.3) is 11.8 Å². The van der Waals surface area contributed by atoms with Crippen LogP contribution in [0.5, 0.6) is 0 Å². The van der Waals surface area contributed by atoms with E-state index in [1.807, 2.05) is 0 Å². The molecule has 0 aromatic heterocycles. The molecule has 3 aromatic rings. The second-order valence-electron chi connectivity index (χ2n) is 8.77. The standard InChI is InChI=1S/C25H12Cl5F6N3O3/c26-10-3-7(4-11(27)17(10)28)15-16(25(15,29)30)23(41)37-8-5-9(18(33)13(32)6-8)22(40)39-20-12(31)1-2-14(19(20)34)38-24(42)21(35)36/h1-6,15-16,21H,(H,37,41)(H,38,42)(H,39,40)/t15-,16?/m0/s1. The van der Waals surface area contributed by atoms with Crippen LogP contribution in [0.25, 0.3) is 0 Å². The van der Waals surface area contributed by atoms with Crippen LogP contribution >= 0.6 is 58.0 Å². The number of carbonyl (C=O) groups excluding carboxylic acids is 3. The van der Waals surface area contributed by atoms with Gasteiger partial charge in [-0.25, -0.2) is 17.6 Å². The van der Waals surface area contributed by atoms with E-state index in [0.717, 1.165) is 0 Å². The average molecular weight is 694 g/mol. The second-order valence-corrected chi connectivity index (χ2v) is 11.4. The monoisotopic (exact) mass is 691 g/mol. The molecular weight excluding hydrogens is 682 g/mol. The van der Waals surface area contributed by atoms with Crippen molar-refractivity contribution in [1.29, 1.82) is 0 Å². The Morgan fingerprint density at radius 3 is 2.02 bits per heavy atom. The zero-order valence-corrected chi connectivity index (χ0v) is 23.9. The number of amides is 3. The van der Waals surface area contributed by atoms with E-state index in [2.05, 4.69) is 5.32 Å². The van der Waals surface area contributed by atoms with E-state index in [-0.39, 0.29) is 15.1 Å². The Hall–Kier alpha value is -2.90. The maximum absolute atomic E-state index is 14.7.